The summed E-state index contributed by atoms with van der Waals surface area (Å²) >= 11 is 11.6. The fourth-order valence-electron chi connectivity index (χ4n) is 1.44. The smallest absolute Gasteiger partial charge is 0.356 e. The first-order valence-corrected chi connectivity index (χ1v) is 5.60. The molecule has 1 N–H and O–H groups in total. The number of rotatable bonds is 2. The first kappa shape index (κ1) is 12.8. The number of nitrogens with zero attached hydrogens (tertiary/aromatic N) is 1. The Labute approximate surface area is 112 Å². The van der Waals surface area contributed by atoms with E-state index in [4.69, 9.17) is 28.3 Å². The van der Waals surface area contributed by atoms with E-state index in [1.54, 1.807) is 0 Å². The summed E-state index contributed by atoms with van der Waals surface area (Å²) in [6.45, 7) is 0. The van der Waals surface area contributed by atoms with E-state index in [1.165, 1.54) is 24.3 Å². The Morgan fingerprint density at radius 2 is 1.89 bits per heavy atom. The number of carboxylic acids is 1. The minimum Gasteiger partial charge on any atom is -0.476 e. The second-order valence-corrected chi connectivity index (χ2v) is 4.27. The van der Waals surface area contributed by atoms with Crippen molar-refractivity contribution >= 4 is 29.2 Å². The minimum atomic E-state index is -1.24. The highest BCUT2D eigenvalue weighted by atomic mass is 35.5. The molecule has 0 spiro atoms. The predicted molar refractivity (Wildman–Crippen MR) is 66.6 cm³/mol. The zero-order valence-corrected chi connectivity index (χ0v) is 10.3. The van der Waals surface area contributed by atoms with Gasteiger partial charge in [-0.05, 0) is 30.3 Å². The Hall–Kier alpha value is -1.65. The van der Waals surface area contributed by atoms with Crippen LogP contribution in [0.5, 0.6) is 0 Å². The quantitative estimate of drug-likeness (QED) is 0.911. The first-order valence-electron chi connectivity index (χ1n) is 4.84. The molecule has 2 rings (SSSR count). The maximum absolute atomic E-state index is 12.9. The highest BCUT2D eigenvalue weighted by Gasteiger charge is 2.14. The van der Waals surface area contributed by atoms with Gasteiger partial charge < -0.3 is 5.11 Å². The molecule has 0 unspecified atom stereocenters. The average Bonchev–Trinajstić information content (AvgIpc) is 2.30. The second kappa shape index (κ2) is 4.92. The van der Waals surface area contributed by atoms with Gasteiger partial charge in [0.25, 0.3) is 0 Å². The van der Waals surface area contributed by atoms with Crippen LogP contribution in [-0.2, 0) is 0 Å². The Morgan fingerprint density at radius 3 is 2.50 bits per heavy atom. The van der Waals surface area contributed by atoms with Crippen LogP contribution >= 0.6 is 23.2 Å². The highest BCUT2D eigenvalue weighted by molar-refractivity contribution is 6.34. The van der Waals surface area contributed by atoms with Crippen molar-refractivity contribution in [1.29, 1.82) is 0 Å². The summed E-state index contributed by atoms with van der Waals surface area (Å²) in [5.41, 5.74) is 0.494. The fraction of sp³-hybridized carbons (Fsp3) is 0. The number of hydrogen-bond acceptors (Lipinski definition) is 2. The lowest BCUT2D eigenvalue weighted by molar-refractivity contribution is 0.0691. The largest absolute Gasteiger partial charge is 0.476 e. The van der Waals surface area contributed by atoms with Gasteiger partial charge in [-0.15, -0.1) is 0 Å². The minimum absolute atomic E-state index is 0.0319. The Bertz CT molecular complexity index is 631. The lowest BCUT2D eigenvalue weighted by Crippen LogP contribution is -2.02. The summed E-state index contributed by atoms with van der Waals surface area (Å²) in [6, 6.07) is 6.71. The summed E-state index contributed by atoms with van der Waals surface area (Å²) in [6.07, 6.45) is 0. The molecule has 0 amide bonds. The van der Waals surface area contributed by atoms with Gasteiger partial charge in [0.05, 0.1) is 15.7 Å². The second-order valence-electron chi connectivity index (χ2n) is 3.46. The molecule has 2 aromatic rings. The molecule has 1 heterocycles. The number of carboxylic acid groups (broad SMARTS) is 1. The summed E-state index contributed by atoms with van der Waals surface area (Å²) in [7, 11) is 0. The molecule has 1 aromatic heterocycles. The third-order valence-electron chi connectivity index (χ3n) is 2.26. The third kappa shape index (κ3) is 2.44. The number of aromatic carboxylic acids is 1. The molecular weight excluding hydrogens is 280 g/mol. The number of pyridine rings is 1. The Kier molecular flexibility index (Phi) is 3.50. The van der Waals surface area contributed by atoms with E-state index < -0.39 is 11.8 Å². The standard InChI is InChI=1S/C12H6Cl2FNO2/c13-8-3-4-10(16-11(8)12(17)18)7-2-1-6(15)5-9(7)14/h1-5H,(H,17,18). The van der Waals surface area contributed by atoms with Crippen LogP contribution in [0.25, 0.3) is 11.3 Å². The van der Waals surface area contributed by atoms with Gasteiger partial charge in [0.2, 0.25) is 0 Å². The van der Waals surface area contributed by atoms with E-state index in [1.807, 2.05) is 0 Å². The van der Waals surface area contributed by atoms with E-state index in [2.05, 4.69) is 4.98 Å². The van der Waals surface area contributed by atoms with Crippen LogP contribution < -0.4 is 0 Å². The maximum Gasteiger partial charge on any atom is 0.356 e. The van der Waals surface area contributed by atoms with Gasteiger partial charge >= 0.3 is 5.97 Å². The van der Waals surface area contributed by atoms with Crippen LogP contribution in [0.4, 0.5) is 4.39 Å². The number of benzene rings is 1. The Morgan fingerprint density at radius 1 is 1.17 bits per heavy atom. The molecule has 18 heavy (non-hydrogen) atoms. The molecule has 0 saturated heterocycles. The molecule has 1 aromatic carbocycles. The summed E-state index contributed by atoms with van der Waals surface area (Å²) in [5, 5.41) is 9.10. The van der Waals surface area contributed by atoms with E-state index in [9.17, 15) is 9.18 Å². The topological polar surface area (TPSA) is 50.2 Å². The average molecular weight is 286 g/mol. The van der Waals surface area contributed by atoms with Crippen molar-refractivity contribution in [2.45, 2.75) is 0 Å². The van der Waals surface area contributed by atoms with Crippen LogP contribution in [0.3, 0.4) is 0 Å². The Balaban J connectivity index is 2.58. The molecule has 3 nitrogen and oxygen atoms in total. The lowest BCUT2D eigenvalue weighted by Gasteiger charge is -2.06. The fourth-order valence-corrected chi connectivity index (χ4v) is 1.89. The van der Waals surface area contributed by atoms with Crippen LogP contribution in [0.2, 0.25) is 10.0 Å². The number of hydrogen-bond donors (Lipinski definition) is 1. The van der Waals surface area contributed by atoms with E-state index in [0.29, 0.717) is 11.3 Å². The molecule has 0 aliphatic heterocycles. The van der Waals surface area contributed by atoms with Crippen molar-refractivity contribution in [3.63, 3.8) is 0 Å². The molecule has 0 atom stereocenters. The van der Waals surface area contributed by atoms with Crippen molar-refractivity contribution in [1.82, 2.24) is 4.98 Å². The van der Waals surface area contributed by atoms with Gasteiger partial charge in [0.15, 0.2) is 5.69 Å². The zero-order chi connectivity index (χ0) is 13.3. The van der Waals surface area contributed by atoms with Crippen molar-refractivity contribution in [3.05, 3.63) is 51.9 Å². The van der Waals surface area contributed by atoms with Gasteiger partial charge in [-0.2, -0.15) is 0 Å². The SMILES string of the molecule is O=C(O)c1nc(-c2ccc(F)cc2Cl)ccc1Cl. The normalized spacial score (nSPS) is 10.4. The van der Waals surface area contributed by atoms with E-state index in [0.717, 1.165) is 6.07 Å². The van der Waals surface area contributed by atoms with E-state index in [-0.39, 0.29) is 15.7 Å². The highest BCUT2D eigenvalue weighted by Crippen LogP contribution is 2.28. The van der Waals surface area contributed by atoms with Crippen LogP contribution in [0.1, 0.15) is 10.5 Å². The molecule has 6 heteroatoms. The molecule has 0 aliphatic carbocycles. The first-order chi connectivity index (χ1) is 8.49. The zero-order valence-electron chi connectivity index (χ0n) is 8.82. The predicted octanol–water partition coefficient (Wildman–Crippen LogP) is 3.89. The molecule has 0 radical (unpaired) electrons. The molecule has 0 saturated carbocycles. The number of aromatic nitrogens is 1. The van der Waals surface area contributed by atoms with Crippen LogP contribution in [0.15, 0.2) is 30.3 Å². The molecule has 92 valence electrons. The van der Waals surface area contributed by atoms with Gasteiger partial charge in [-0.1, -0.05) is 23.2 Å². The lowest BCUT2D eigenvalue weighted by atomic mass is 10.1. The van der Waals surface area contributed by atoms with Gasteiger partial charge in [0, 0.05) is 5.56 Å². The van der Waals surface area contributed by atoms with Crippen molar-refractivity contribution in [2.75, 3.05) is 0 Å². The van der Waals surface area contributed by atoms with Crippen LogP contribution in [-0.4, -0.2) is 16.1 Å². The monoisotopic (exact) mass is 285 g/mol. The van der Waals surface area contributed by atoms with Crippen molar-refractivity contribution in [3.8, 4) is 11.3 Å². The van der Waals surface area contributed by atoms with Gasteiger partial charge in [-0.25, -0.2) is 14.2 Å². The molecule has 0 bridgehead atoms. The number of carbonyl (C=O) groups is 1. The summed E-state index contributed by atoms with van der Waals surface area (Å²) in [5.74, 6) is -1.71. The van der Waals surface area contributed by atoms with Crippen LogP contribution in [0, 0.1) is 5.82 Å². The molecular formula is C12H6Cl2FNO2. The van der Waals surface area contributed by atoms with Crippen molar-refractivity contribution in [2.24, 2.45) is 0 Å². The third-order valence-corrected chi connectivity index (χ3v) is 2.87. The number of halogens is 3. The maximum atomic E-state index is 12.9. The summed E-state index contributed by atoms with van der Waals surface area (Å²) < 4.78 is 12.9. The molecule has 0 aliphatic rings. The van der Waals surface area contributed by atoms with Crippen molar-refractivity contribution < 1.29 is 14.3 Å². The summed E-state index contributed by atoms with van der Waals surface area (Å²) in [4.78, 5) is 14.8. The van der Waals surface area contributed by atoms with E-state index >= 15 is 0 Å². The van der Waals surface area contributed by atoms with Gasteiger partial charge in [0.1, 0.15) is 5.82 Å². The molecule has 0 fully saturated rings. The van der Waals surface area contributed by atoms with Gasteiger partial charge in [-0.3, -0.25) is 0 Å².